The highest BCUT2D eigenvalue weighted by Crippen LogP contribution is 2.31. The lowest BCUT2D eigenvalue weighted by Crippen LogP contribution is -2.46. The maximum atomic E-state index is 11.7. The molecule has 9 heteroatoms. The fraction of sp³-hybridized carbons (Fsp3) is 0.524. The Morgan fingerprint density at radius 3 is 2.53 bits per heavy atom. The molecule has 0 unspecified atom stereocenters. The zero-order chi connectivity index (χ0) is 22.1. The molecule has 1 saturated carbocycles. The molecule has 9 nitrogen and oxygen atoms in total. The molecule has 1 amide bonds. The highest BCUT2D eigenvalue weighted by Gasteiger charge is 2.33. The van der Waals surface area contributed by atoms with Crippen molar-refractivity contribution in [3.05, 3.63) is 41.2 Å². The van der Waals surface area contributed by atoms with E-state index in [0.717, 1.165) is 24.3 Å². The summed E-state index contributed by atoms with van der Waals surface area (Å²) < 4.78 is 8.52. The van der Waals surface area contributed by atoms with Gasteiger partial charge in [0, 0.05) is 31.9 Å². The molecule has 0 bridgehead atoms. The number of nitrogens with zero attached hydrogens (tertiary/aromatic N) is 5. The lowest BCUT2D eigenvalue weighted by Gasteiger charge is -2.39. The number of ether oxygens (including phenoxy) is 1. The summed E-state index contributed by atoms with van der Waals surface area (Å²) in [5, 5.41) is 8.10. The van der Waals surface area contributed by atoms with E-state index in [1.54, 1.807) is 38.8 Å². The molecule has 162 valence electrons. The monoisotopic (exact) mass is 414 g/mol. The lowest BCUT2D eigenvalue weighted by atomic mass is 9.81. The average Bonchev–Trinajstić information content (AvgIpc) is 3.26. The van der Waals surface area contributed by atoms with Gasteiger partial charge in [0.05, 0.1) is 24.3 Å². The van der Waals surface area contributed by atoms with Gasteiger partial charge in [-0.25, -0.2) is 9.31 Å². The van der Waals surface area contributed by atoms with E-state index in [0.29, 0.717) is 17.3 Å². The van der Waals surface area contributed by atoms with Gasteiger partial charge in [0.15, 0.2) is 0 Å². The minimum Gasteiger partial charge on any atom is -0.444 e. The summed E-state index contributed by atoms with van der Waals surface area (Å²) in [6.45, 7) is 7.88. The predicted octanol–water partition coefficient (Wildman–Crippen LogP) is 3.07. The van der Waals surface area contributed by atoms with Crippen molar-refractivity contribution in [1.82, 2.24) is 29.3 Å². The van der Waals surface area contributed by atoms with Crippen LogP contribution in [0.25, 0.3) is 16.8 Å². The zero-order valence-corrected chi connectivity index (χ0v) is 18.4. The number of aryl methyl sites for hydroxylation is 1. The van der Waals surface area contributed by atoms with E-state index in [1.165, 1.54) is 0 Å². The van der Waals surface area contributed by atoms with Crippen molar-refractivity contribution in [2.24, 2.45) is 13.0 Å². The smallest absolute Gasteiger partial charge is 0.410 e. The molecule has 1 aliphatic carbocycles. The van der Waals surface area contributed by atoms with Crippen LogP contribution in [0.4, 0.5) is 4.79 Å². The molecule has 0 saturated heterocycles. The van der Waals surface area contributed by atoms with Crippen LogP contribution in [0.1, 0.15) is 40.5 Å². The first-order chi connectivity index (χ1) is 14.0. The fourth-order valence-corrected chi connectivity index (χ4v) is 3.30. The van der Waals surface area contributed by atoms with Crippen molar-refractivity contribution in [2.45, 2.75) is 52.2 Å². The van der Waals surface area contributed by atoms with Crippen molar-refractivity contribution in [2.75, 3.05) is 7.05 Å². The Kier molecular flexibility index (Phi) is 6.00. The highest BCUT2D eigenvalue weighted by atomic mass is 16.6. The molecular weight excluding hydrogens is 384 g/mol. The lowest BCUT2D eigenvalue weighted by molar-refractivity contribution is 0.00814. The molecule has 1 aliphatic rings. The number of hydrogen-bond acceptors (Lipinski definition) is 5. The van der Waals surface area contributed by atoms with Gasteiger partial charge in [0.25, 0.3) is 5.56 Å². The number of H-pyrrole nitrogens is 1. The highest BCUT2D eigenvalue weighted by molar-refractivity contribution is 5.68. The van der Waals surface area contributed by atoms with E-state index in [2.05, 4.69) is 22.1 Å². The quantitative estimate of drug-likeness (QED) is 0.695. The number of hydrogen-bond donors (Lipinski definition) is 1. The number of aromatic nitrogens is 5. The second-order valence-electron chi connectivity index (χ2n) is 8.88. The van der Waals surface area contributed by atoms with Crippen LogP contribution in [0.15, 0.2) is 35.6 Å². The topological polar surface area (TPSA) is 97.5 Å². The van der Waals surface area contributed by atoms with E-state index in [1.807, 2.05) is 41.1 Å². The molecule has 0 spiro atoms. The third-order valence-electron chi connectivity index (χ3n) is 5.00. The van der Waals surface area contributed by atoms with Crippen LogP contribution < -0.4 is 5.56 Å². The van der Waals surface area contributed by atoms with Gasteiger partial charge in [-0.3, -0.25) is 9.48 Å². The normalized spacial score (nSPS) is 18.3. The number of rotatable bonds is 2. The SMILES string of the molecule is CC1CC(N(C)C(=O)OC(C)(C)C)C1.Cn1cc(-c2cn3nccc3c(=O)[nH]2)cn1. The Balaban J connectivity index is 0.000000173. The van der Waals surface area contributed by atoms with E-state index in [-0.39, 0.29) is 17.3 Å². The molecule has 1 N–H and O–H groups in total. The molecular formula is C21H30N6O3. The maximum Gasteiger partial charge on any atom is 0.410 e. The molecule has 4 rings (SSSR count). The van der Waals surface area contributed by atoms with Gasteiger partial charge in [0.2, 0.25) is 0 Å². The summed E-state index contributed by atoms with van der Waals surface area (Å²) in [4.78, 5) is 27.8. The van der Waals surface area contributed by atoms with Gasteiger partial charge < -0.3 is 14.6 Å². The largest absolute Gasteiger partial charge is 0.444 e. The molecule has 3 aromatic rings. The van der Waals surface area contributed by atoms with Crippen LogP contribution in [-0.4, -0.2) is 54.1 Å². The van der Waals surface area contributed by atoms with Crippen LogP contribution in [0, 0.1) is 5.92 Å². The average molecular weight is 415 g/mol. The van der Waals surface area contributed by atoms with Crippen molar-refractivity contribution in [1.29, 1.82) is 0 Å². The Morgan fingerprint density at radius 1 is 1.27 bits per heavy atom. The first-order valence-electron chi connectivity index (χ1n) is 10.0. The summed E-state index contributed by atoms with van der Waals surface area (Å²) in [5.41, 5.74) is 1.55. The number of carbonyl (C=O) groups excluding carboxylic acids is 1. The Bertz CT molecular complexity index is 1070. The number of amides is 1. The minimum atomic E-state index is -0.388. The Hall–Kier alpha value is -3.10. The van der Waals surface area contributed by atoms with Crippen LogP contribution >= 0.6 is 0 Å². The molecule has 1 fully saturated rings. The van der Waals surface area contributed by atoms with E-state index < -0.39 is 0 Å². The van der Waals surface area contributed by atoms with E-state index in [4.69, 9.17) is 4.74 Å². The second-order valence-corrected chi connectivity index (χ2v) is 8.88. The third-order valence-corrected chi connectivity index (χ3v) is 5.00. The molecule has 0 aromatic carbocycles. The number of fused-ring (bicyclic) bond motifs is 1. The minimum absolute atomic E-state index is 0.154. The van der Waals surface area contributed by atoms with Crippen LogP contribution in [-0.2, 0) is 11.8 Å². The number of carbonyl (C=O) groups is 1. The van der Waals surface area contributed by atoms with E-state index >= 15 is 0 Å². The van der Waals surface area contributed by atoms with Gasteiger partial charge in [-0.2, -0.15) is 10.2 Å². The molecule has 0 radical (unpaired) electrons. The van der Waals surface area contributed by atoms with Gasteiger partial charge in [-0.1, -0.05) is 6.92 Å². The first-order valence-corrected chi connectivity index (χ1v) is 10.0. The first kappa shape index (κ1) is 21.6. The van der Waals surface area contributed by atoms with E-state index in [9.17, 15) is 9.59 Å². The second kappa shape index (κ2) is 8.33. The van der Waals surface area contributed by atoms with Crippen LogP contribution in [0.2, 0.25) is 0 Å². The van der Waals surface area contributed by atoms with Crippen molar-refractivity contribution < 1.29 is 9.53 Å². The Morgan fingerprint density at radius 2 is 1.97 bits per heavy atom. The van der Waals surface area contributed by atoms with Crippen molar-refractivity contribution in [3.8, 4) is 11.3 Å². The van der Waals surface area contributed by atoms with Gasteiger partial charge in [0.1, 0.15) is 11.1 Å². The summed E-state index contributed by atoms with van der Waals surface area (Å²) in [7, 11) is 3.65. The molecule has 0 aliphatic heterocycles. The summed E-state index contributed by atoms with van der Waals surface area (Å²) in [6, 6.07) is 2.06. The van der Waals surface area contributed by atoms with Gasteiger partial charge in [-0.15, -0.1) is 0 Å². The van der Waals surface area contributed by atoms with Gasteiger partial charge in [-0.05, 0) is 45.6 Å². The standard InChI is InChI=1S/C11H21NO2.C10H9N5O/c1-8-6-9(7-8)12(5)10(13)14-11(2,3)4;1-14-5-7(4-12-14)8-6-15-9(2-3-11-15)10(16)13-8/h8-9H,6-7H2,1-5H3;2-6H,1H3,(H,13,16). The molecule has 0 atom stereocenters. The third kappa shape index (κ3) is 5.08. The number of aromatic amines is 1. The van der Waals surface area contributed by atoms with Crippen LogP contribution in [0.5, 0.6) is 0 Å². The summed E-state index contributed by atoms with van der Waals surface area (Å²) in [6.07, 6.45) is 8.91. The summed E-state index contributed by atoms with van der Waals surface area (Å²) in [5.74, 6) is 0.755. The van der Waals surface area contributed by atoms with Gasteiger partial charge >= 0.3 is 6.09 Å². The molecule has 3 heterocycles. The molecule has 30 heavy (non-hydrogen) atoms. The molecule has 3 aromatic heterocycles. The summed E-state index contributed by atoms with van der Waals surface area (Å²) >= 11 is 0. The van der Waals surface area contributed by atoms with Crippen molar-refractivity contribution in [3.63, 3.8) is 0 Å². The predicted molar refractivity (Wildman–Crippen MR) is 114 cm³/mol. The number of nitrogens with one attached hydrogen (secondary N) is 1. The fourth-order valence-electron chi connectivity index (χ4n) is 3.30. The zero-order valence-electron chi connectivity index (χ0n) is 18.4. The maximum absolute atomic E-state index is 11.7. The van der Waals surface area contributed by atoms with Crippen molar-refractivity contribution >= 4 is 11.6 Å². The Labute approximate surface area is 175 Å². The van der Waals surface area contributed by atoms with Crippen LogP contribution in [0.3, 0.4) is 0 Å².